The second kappa shape index (κ2) is 10.8. The van der Waals surface area contributed by atoms with E-state index in [4.69, 9.17) is 9.47 Å². The number of carbonyl (C=O) groups excluding carboxylic acids is 1. The SMILES string of the molecule is COc1cc(/C=C2\SC(=Nc3cc(C)cc(C)c3)NC2=O)cc(Br)c1OCc1cccc2ccccc12. The van der Waals surface area contributed by atoms with E-state index in [-0.39, 0.29) is 5.91 Å². The molecule has 0 unspecified atom stereocenters. The molecule has 1 heterocycles. The zero-order valence-corrected chi connectivity index (χ0v) is 23.1. The number of methoxy groups -OCH3 is 1. The van der Waals surface area contributed by atoms with Gasteiger partial charge in [0.05, 0.1) is 22.2 Å². The number of amides is 1. The van der Waals surface area contributed by atoms with Crippen LogP contribution in [-0.2, 0) is 11.4 Å². The monoisotopic (exact) mass is 572 g/mol. The first-order chi connectivity index (χ1) is 17.9. The smallest absolute Gasteiger partial charge is 0.264 e. The van der Waals surface area contributed by atoms with Crippen molar-refractivity contribution in [3.05, 3.63) is 104 Å². The third-order valence-electron chi connectivity index (χ3n) is 5.89. The molecule has 0 radical (unpaired) electrons. The molecule has 0 saturated carbocycles. The van der Waals surface area contributed by atoms with Gasteiger partial charge in [0.1, 0.15) is 6.61 Å². The molecule has 0 spiro atoms. The second-order valence-corrected chi connectivity index (χ2v) is 10.7. The van der Waals surface area contributed by atoms with Crippen LogP contribution in [0.25, 0.3) is 16.8 Å². The topological polar surface area (TPSA) is 59.9 Å². The summed E-state index contributed by atoms with van der Waals surface area (Å²) < 4.78 is 12.6. The number of hydrogen-bond acceptors (Lipinski definition) is 5. The van der Waals surface area contributed by atoms with Crippen LogP contribution in [0.3, 0.4) is 0 Å². The molecule has 1 amide bonds. The minimum atomic E-state index is -0.181. The lowest BCUT2D eigenvalue weighted by atomic mass is 10.1. The first kappa shape index (κ1) is 25.1. The van der Waals surface area contributed by atoms with Crippen LogP contribution in [0.1, 0.15) is 22.3 Å². The molecule has 0 atom stereocenters. The third-order valence-corrected chi connectivity index (χ3v) is 7.39. The Hall–Kier alpha value is -3.55. The molecule has 4 aromatic carbocycles. The van der Waals surface area contributed by atoms with Crippen LogP contribution in [0.5, 0.6) is 11.5 Å². The molecule has 1 fully saturated rings. The van der Waals surface area contributed by atoms with Gasteiger partial charge >= 0.3 is 0 Å². The van der Waals surface area contributed by atoms with Crippen LogP contribution in [0.4, 0.5) is 5.69 Å². The zero-order chi connectivity index (χ0) is 25.9. The molecule has 0 aromatic heterocycles. The van der Waals surface area contributed by atoms with Gasteiger partial charge in [-0.25, -0.2) is 4.99 Å². The van der Waals surface area contributed by atoms with E-state index in [1.807, 2.05) is 62.4 Å². The zero-order valence-electron chi connectivity index (χ0n) is 20.7. The van der Waals surface area contributed by atoms with E-state index in [9.17, 15) is 4.79 Å². The fraction of sp³-hybridized carbons (Fsp3) is 0.133. The Balaban J connectivity index is 1.37. The molecule has 1 aliphatic rings. The first-order valence-corrected chi connectivity index (χ1v) is 13.4. The van der Waals surface area contributed by atoms with Crippen molar-refractivity contribution >= 4 is 61.3 Å². The van der Waals surface area contributed by atoms with Crippen molar-refractivity contribution in [3.63, 3.8) is 0 Å². The summed E-state index contributed by atoms with van der Waals surface area (Å²) in [7, 11) is 1.61. The van der Waals surface area contributed by atoms with Crippen LogP contribution >= 0.6 is 27.7 Å². The van der Waals surface area contributed by atoms with E-state index in [0.717, 1.165) is 37.8 Å². The van der Waals surface area contributed by atoms with Gasteiger partial charge in [-0.1, -0.05) is 48.5 Å². The number of halogens is 1. The van der Waals surface area contributed by atoms with Gasteiger partial charge in [0.15, 0.2) is 16.7 Å². The van der Waals surface area contributed by atoms with Gasteiger partial charge < -0.3 is 14.8 Å². The molecule has 7 heteroatoms. The van der Waals surface area contributed by atoms with E-state index in [0.29, 0.717) is 28.2 Å². The molecule has 37 heavy (non-hydrogen) atoms. The van der Waals surface area contributed by atoms with Crippen LogP contribution < -0.4 is 14.8 Å². The van der Waals surface area contributed by atoms with Gasteiger partial charge in [0.25, 0.3) is 5.91 Å². The normalized spacial score (nSPS) is 15.4. The summed E-state index contributed by atoms with van der Waals surface area (Å²) >= 11 is 4.95. The summed E-state index contributed by atoms with van der Waals surface area (Å²) in [6.45, 7) is 4.46. The summed E-state index contributed by atoms with van der Waals surface area (Å²) in [6, 6.07) is 24.3. The Morgan fingerprint density at radius 2 is 1.76 bits per heavy atom. The highest BCUT2D eigenvalue weighted by Crippen LogP contribution is 2.39. The van der Waals surface area contributed by atoms with Gasteiger partial charge in [0.2, 0.25) is 0 Å². The number of nitrogens with zero attached hydrogens (tertiary/aromatic N) is 1. The molecule has 1 aliphatic heterocycles. The number of benzene rings is 4. The van der Waals surface area contributed by atoms with Crippen molar-refractivity contribution in [3.8, 4) is 11.5 Å². The maximum absolute atomic E-state index is 12.6. The molecule has 1 N–H and O–H groups in total. The fourth-order valence-corrected chi connectivity index (χ4v) is 5.71. The quantitative estimate of drug-likeness (QED) is 0.240. The number of ether oxygens (including phenoxy) is 2. The average Bonchev–Trinajstić information content (AvgIpc) is 3.20. The Bertz CT molecular complexity index is 1550. The lowest BCUT2D eigenvalue weighted by Crippen LogP contribution is -2.19. The molecule has 0 bridgehead atoms. The van der Waals surface area contributed by atoms with E-state index >= 15 is 0 Å². The lowest BCUT2D eigenvalue weighted by molar-refractivity contribution is -0.115. The van der Waals surface area contributed by atoms with Crippen LogP contribution in [0.15, 0.2) is 87.2 Å². The second-order valence-electron chi connectivity index (χ2n) is 8.79. The lowest BCUT2D eigenvalue weighted by Gasteiger charge is -2.15. The van der Waals surface area contributed by atoms with Crippen molar-refractivity contribution < 1.29 is 14.3 Å². The van der Waals surface area contributed by atoms with E-state index < -0.39 is 0 Å². The average molecular weight is 574 g/mol. The Labute approximate surface area is 228 Å². The molecule has 4 aromatic rings. The first-order valence-electron chi connectivity index (χ1n) is 11.7. The van der Waals surface area contributed by atoms with E-state index in [2.05, 4.69) is 56.6 Å². The van der Waals surface area contributed by atoms with E-state index in [1.165, 1.54) is 17.1 Å². The van der Waals surface area contributed by atoms with Crippen LogP contribution in [0.2, 0.25) is 0 Å². The summed E-state index contributed by atoms with van der Waals surface area (Å²) in [6.07, 6.45) is 1.83. The highest BCUT2D eigenvalue weighted by molar-refractivity contribution is 9.10. The summed E-state index contributed by atoms with van der Waals surface area (Å²) in [5, 5.41) is 5.74. The third kappa shape index (κ3) is 5.73. The summed E-state index contributed by atoms with van der Waals surface area (Å²) in [4.78, 5) is 17.8. The number of nitrogens with one attached hydrogen (secondary N) is 1. The number of rotatable bonds is 6. The molecule has 5 rings (SSSR count). The van der Waals surface area contributed by atoms with Gasteiger partial charge in [0, 0.05) is 0 Å². The number of amidine groups is 1. The van der Waals surface area contributed by atoms with Gasteiger partial charge in [-0.15, -0.1) is 0 Å². The number of carbonyl (C=O) groups is 1. The van der Waals surface area contributed by atoms with Gasteiger partial charge in [-0.3, -0.25) is 4.79 Å². The number of aryl methyl sites for hydroxylation is 2. The van der Waals surface area contributed by atoms with Crippen LogP contribution in [-0.4, -0.2) is 18.2 Å². The number of fused-ring (bicyclic) bond motifs is 1. The maximum Gasteiger partial charge on any atom is 0.264 e. The highest BCUT2D eigenvalue weighted by atomic mass is 79.9. The standard InChI is InChI=1S/C30H25BrN2O3S/c1-18-11-19(2)13-23(12-18)32-30-33-29(34)27(37-30)16-20-14-25(31)28(26(15-20)35-3)36-17-22-9-6-8-21-7-4-5-10-24(21)22/h4-16H,17H2,1-3H3,(H,32,33,34)/b27-16-. The van der Waals surface area contributed by atoms with Crippen molar-refractivity contribution in [1.29, 1.82) is 0 Å². The molecule has 5 nitrogen and oxygen atoms in total. The molecule has 0 aliphatic carbocycles. The number of hydrogen-bond donors (Lipinski definition) is 1. The summed E-state index contributed by atoms with van der Waals surface area (Å²) in [5.74, 6) is 1.01. The molecule has 1 saturated heterocycles. The summed E-state index contributed by atoms with van der Waals surface area (Å²) in [5.41, 5.74) is 4.98. The minimum absolute atomic E-state index is 0.181. The van der Waals surface area contributed by atoms with Crippen LogP contribution in [0, 0.1) is 13.8 Å². The molecular weight excluding hydrogens is 548 g/mol. The number of aliphatic imine (C=N–C) groups is 1. The largest absolute Gasteiger partial charge is 0.493 e. The van der Waals surface area contributed by atoms with E-state index in [1.54, 1.807) is 7.11 Å². The highest BCUT2D eigenvalue weighted by Gasteiger charge is 2.24. The van der Waals surface area contributed by atoms with Crippen molar-refractivity contribution in [1.82, 2.24) is 5.32 Å². The molecule has 186 valence electrons. The predicted molar refractivity (Wildman–Crippen MR) is 156 cm³/mol. The molecular formula is C30H25BrN2O3S. The van der Waals surface area contributed by atoms with Crippen molar-refractivity contribution in [2.24, 2.45) is 4.99 Å². The predicted octanol–water partition coefficient (Wildman–Crippen LogP) is 7.70. The van der Waals surface area contributed by atoms with Gasteiger partial charge in [-0.05, 0) is 105 Å². The van der Waals surface area contributed by atoms with Crippen molar-refractivity contribution in [2.45, 2.75) is 20.5 Å². The maximum atomic E-state index is 12.6. The minimum Gasteiger partial charge on any atom is -0.493 e. The van der Waals surface area contributed by atoms with Gasteiger partial charge in [-0.2, -0.15) is 0 Å². The number of thioether (sulfide) groups is 1. The Morgan fingerprint density at radius 1 is 1.00 bits per heavy atom. The Morgan fingerprint density at radius 3 is 2.54 bits per heavy atom. The fourth-order valence-electron chi connectivity index (χ4n) is 4.30. The Kier molecular flexibility index (Phi) is 7.35. The van der Waals surface area contributed by atoms with Crippen molar-refractivity contribution in [2.75, 3.05) is 7.11 Å².